The van der Waals surface area contributed by atoms with Gasteiger partial charge in [-0.2, -0.15) is 0 Å². The van der Waals surface area contributed by atoms with E-state index in [2.05, 4.69) is 29.4 Å². The van der Waals surface area contributed by atoms with E-state index in [0.29, 0.717) is 5.54 Å². The summed E-state index contributed by atoms with van der Waals surface area (Å²) in [4.78, 5) is 2.60. The van der Waals surface area contributed by atoms with Gasteiger partial charge in [0.05, 0.1) is 0 Å². The van der Waals surface area contributed by atoms with E-state index in [1.807, 2.05) is 0 Å². The van der Waals surface area contributed by atoms with Gasteiger partial charge in [0.1, 0.15) is 0 Å². The molecule has 0 aromatic heterocycles. The van der Waals surface area contributed by atoms with Gasteiger partial charge < -0.3 is 10.6 Å². The monoisotopic (exact) mass is 197 g/mol. The van der Waals surface area contributed by atoms with E-state index in [1.165, 1.54) is 25.9 Å². The molecule has 0 amide bonds. The van der Waals surface area contributed by atoms with Crippen LogP contribution in [0.1, 0.15) is 26.7 Å². The molecule has 0 radical (unpaired) electrons. The van der Waals surface area contributed by atoms with Gasteiger partial charge in [-0.3, -0.25) is 4.90 Å². The smallest absolute Gasteiger partial charge is 0.0278 e. The maximum Gasteiger partial charge on any atom is 0.0278 e. The lowest BCUT2D eigenvalue weighted by molar-refractivity contribution is 0.102. The molecule has 2 N–H and O–H groups in total. The molecular weight excluding hydrogens is 174 g/mol. The normalized spacial score (nSPS) is 25.3. The minimum absolute atomic E-state index is 0.324. The highest BCUT2D eigenvalue weighted by atomic mass is 15.3. The molecule has 82 valence electrons. The summed E-state index contributed by atoms with van der Waals surface area (Å²) in [6, 6.07) is 0.831. The third-order valence-electron chi connectivity index (χ3n) is 3.37. The predicted molar refractivity (Wildman–Crippen MR) is 59.5 cm³/mol. The molecule has 0 unspecified atom stereocenters. The van der Waals surface area contributed by atoms with Crippen molar-refractivity contribution in [2.75, 3.05) is 32.7 Å². The predicted octanol–water partition coefficient (Wildman–Crippen LogP) is 0.422. The maximum atomic E-state index is 3.63. The first-order valence-corrected chi connectivity index (χ1v) is 5.88. The number of hydrogen-bond donors (Lipinski definition) is 2. The van der Waals surface area contributed by atoms with Gasteiger partial charge in [-0.25, -0.2) is 0 Å². The van der Waals surface area contributed by atoms with E-state index in [-0.39, 0.29) is 0 Å². The van der Waals surface area contributed by atoms with Gasteiger partial charge in [-0.15, -0.1) is 0 Å². The summed E-state index contributed by atoms with van der Waals surface area (Å²) in [5.41, 5.74) is 0.324. The first kappa shape index (κ1) is 10.4. The fraction of sp³-hybridized carbons (Fsp3) is 1.00. The van der Waals surface area contributed by atoms with Crippen molar-refractivity contribution in [1.82, 2.24) is 15.5 Å². The van der Waals surface area contributed by atoms with E-state index < -0.39 is 0 Å². The fourth-order valence-electron chi connectivity index (χ4n) is 2.06. The Balaban J connectivity index is 1.78. The molecule has 0 atom stereocenters. The van der Waals surface area contributed by atoms with Crippen LogP contribution < -0.4 is 10.6 Å². The van der Waals surface area contributed by atoms with Gasteiger partial charge in [0, 0.05) is 44.3 Å². The lowest BCUT2D eigenvalue weighted by atomic mass is 10.0. The Bertz CT molecular complexity index is 181. The van der Waals surface area contributed by atoms with Crippen LogP contribution in [0.5, 0.6) is 0 Å². The third-order valence-corrected chi connectivity index (χ3v) is 3.37. The third kappa shape index (κ3) is 2.69. The van der Waals surface area contributed by atoms with Crippen molar-refractivity contribution in [3.63, 3.8) is 0 Å². The molecule has 3 heteroatoms. The van der Waals surface area contributed by atoms with Crippen molar-refractivity contribution < 1.29 is 0 Å². The first-order valence-electron chi connectivity index (χ1n) is 5.88. The molecule has 2 aliphatic rings. The van der Waals surface area contributed by atoms with E-state index >= 15 is 0 Å². The molecule has 2 fully saturated rings. The average molecular weight is 197 g/mol. The Hall–Kier alpha value is -0.120. The molecule has 0 aromatic rings. The minimum Gasteiger partial charge on any atom is -0.314 e. The van der Waals surface area contributed by atoms with Gasteiger partial charge in [-0.05, 0) is 26.7 Å². The maximum absolute atomic E-state index is 3.63. The van der Waals surface area contributed by atoms with Crippen LogP contribution in [-0.4, -0.2) is 49.2 Å². The van der Waals surface area contributed by atoms with Gasteiger partial charge in [0.2, 0.25) is 0 Å². The molecule has 0 aromatic carbocycles. The lowest BCUT2D eigenvalue weighted by Gasteiger charge is -2.41. The van der Waals surface area contributed by atoms with Crippen molar-refractivity contribution in [3.05, 3.63) is 0 Å². The average Bonchev–Trinajstić information content (AvgIpc) is 3.00. The summed E-state index contributed by atoms with van der Waals surface area (Å²) in [7, 11) is 0. The van der Waals surface area contributed by atoms with Crippen LogP contribution in [-0.2, 0) is 0 Å². The molecule has 14 heavy (non-hydrogen) atoms. The summed E-state index contributed by atoms with van der Waals surface area (Å²) in [5, 5.41) is 7.03. The van der Waals surface area contributed by atoms with Crippen molar-refractivity contribution >= 4 is 0 Å². The number of nitrogens with zero attached hydrogens (tertiary/aromatic N) is 1. The molecule has 3 nitrogen and oxygen atoms in total. The Morgan fingerprint density at radius 1 is 1.29 bits per heavy atom. The van der Waals surface area contributed by atoms with Crippen LogP contribution in [0.25, 0.3) is 0 Å². The van der Waals surface area contributed by atoms with Crippen LogP contribution in [0.15, 0.2) is 0 Å². The van der Waals surface area contributed by atoms with E-state index in [0.717, 1.165) is 25.7 Å². The Morgan fingerprint density at radius 2 is 1.93 bits per heavy atom. The van der Waals surface area contributed by atoms with E-state index in [1.54, 1.807) is 0 Å². The molecule has 1 heterocycles. The van der Waals surface area contributed by atoms with Crippen LogP contribution in [0.4, 0.5) is 0 Å². The fourth-order valence-corrected chi connectivity index (χ4v) is 2.06. The van der Waals surface area contributed by atoms with Crippen molar-refractivity contribution in [2.24, 2.45) is 0 Å². The molecule has 1 aliphatic carbocycles. The highest BCUT2D eigenvalue weighted by Crippen LogP contribution is 2.21. The second kappa shape index (κ2) is 4.17. The Labute approximate surface area is 87.2 Å². The summed E-state index contributed by atoms with van der Waals surface area (Å²) in [5.74, 6) is 0. The zero-order chi connectivity index (χ0) is 10.0. The zero-order valence-corrected chi connectivity index (χ0v) is 9.47. The highest BCUT2D eigenvalue weighted by Gasteiger charge is 2.30. The summed E-state index contributed by atoms with van der Waals surface area (Å²) < 4.78 is 0. The standard InChI is InChI=1S/C11H23N3/c1-11(2,9-13-10-3-4-10)14-7-5-12-6-8-14/h10,12-13H,3-9H2,1-2H3. The minimum atomic E-state index is 0.324. The largest absolute Gasteiger partial charge is 0.314 e. The molecule has 1 saturated heterocycles. The lowest BCUT2D eigenvalue weighted by Crippen LogP contribution is -2.57. The SMILES string of the molecule is CC(C)(CNC1CC1)N1CCNCC1. The summed E-state index contributed by atoms with van der Waals surface area (Å²) >= 11 is 0. The van der Waals surface area contributed by atoms with Crippen molar-refractivity contribution in [2.45, 2.75) is 38.3 Å². The topological polar surface area (TPSA) is 27.3 Å². The van der Waals surface area contributed by atoms with Gasteiger partial charge in [0.25, 0.3) is 0 Å². The van der Waals surface area contributed by atoms with Crippen LogP contribution in [0, 0.1) is 0 Å². The summed E-state index contributed by atoms with van der Waals surface area (Å²) in [6.45, 7) is 10.5. The Morgan fingerprint density at radius 3 is 2.50 bits per heavy atom. The van der Waals surface area contributed by atoms with Crippen molar-refractivity contribution in [1.29, 1.82) is 0 Å². The molecule has 1 saturated carbocycles. The van der Waals surface area contributed by atoms with E-state index in [9.17, 15) is 0 Å². The molecule has 0 bridgehead atoms. The first-order chi connectivity index (χ1) is 6.68. The van der Waals surface area contributed by atoms with Gasteiger partial charge in [-0.1, -0.05) is 0 Å². The second-order valence-corrected chi connectivity index (χ2v) is 5.20. The summed E-state index contributed by atoms with van der Waals surface area (Å²) in [6.07, 6.45) is 2.77. The van der Waals surface area contributed by atoms with E-state index in [4.69, 9.17) is 0 Å². The van der Waals surface area contributed by atoms with Crippen molar-refractivity contribution in [3.8, 4) is 0 Å². The zero-order valence-electron chi connectivity index (χ0n) is 9.47. The van der Waals surface area contributed by atoms with Gasteiger partial charge >= 0.3 is 0 Å². The highest BCUT2D eigenvalue weighted by molar-refractivity contribution is 4.90. The molecule has 2 rings (SSSR count). The van der Waals surface area contributed by atoms with Crippen LogP contribution in [0.2, 0.25) is 0 Å². The number of nitrogens with one attached hydrogen (secondary N) is 2. The molecule has 1 aliphatic heterocycles. The quantitative estimate of drug-likeness (QED) is 0.684. The molecule has 0 spiro atoms. The number of rotatable bonds is 4. The second-order valence-electron chi connectivity index (χ2n) is 5.20. The van der Waals surface area contributed by atoms with Gasteiger partial charge in [0.15, 0.2) is 0 Å². The van der Waals surface area contributed by atoms with Crippen LogP contribution >= 0.6 is 0 Å². The Kier molecular flexibility index (Phi) is 3.10. The number of piperazine rings is 1. The molecular formula is C11H23N3. The number of hydrogen-bond acceptors (Lipinski definition) is 3. The van der Waals surface area contributed by atoms with Crippen LogP contribution in [0.3, 0.4) is 0 Å².